The molecule has 0 saturated heterocycles. The van der Waals surface area contributed by atoms with Crippen LogP contribution in [0.5, 0.6) is 11.5 Å². The molecule has 1 atom stereocenters. The van der Waals surface area contributed by atoms with E-state index < -0.39 is 28.5 Å². The van der Waals surface area contributed by atoms with E-state index in [1.807, 2.05) is 13.8 Å². The number of aryl methyl sites for hydroxylation is 1. The molecule has 12 heteroatoms. The lowest BCUT2D eigenvalue weighted by molar-refractivity contribution is -0.140. The van der Waals surface area contributed by atoms with Gasteiger partial charge in [0.05, 0.1) is 24.8 Å². The Bertz CT molecular complexity index is 1530. The summed E-state index contributed by atoms with van der Waals surface area (Å²) in [5, 5.41) is 3.59. The highest BCUT2D eigenvalue weighted by atomic mass is 35.5. The molecule has 43 heavy (non-hydrogen) atoms. The predicted octanol–water partition coefficient (Wildman–Crippen LogP) is 5.85. The smallest absolute Gasteiger partial charge is 0.264 e. The first kappa shape index (κ1) is 34.0. The van der Waals surface area contributed by atoms with Crippen LogP contribution >= 0.6 is 23.2 Å². The lowest BCUT2D eigenvalue weighted by atomic mass is 10.1. The highest BCUT2D eigenvalue weighted by molar-refractivity contribution is 7.92. The highest BCUT2D eigenvalue weighted by Crippen LogP contribution is 2.34. The van der Waals surface area contributed by atoms with Gasteiger partial charge < -0.3 is 19.7 Å². The molecule has 0 saturated carbocycles. The van der Waals surface area contributed by atoms with Gasteiger partial charge in [-0.05, 0) is 61.7 Å². The summed E-state index contributed by atoms with van der Waals surface area (Å²) in [5.41, 5.74) is 1.61. The first-order valence-corrected chi connectivity index (χ1v) is 16.0. The second-order valence-electron chi connectivity index (χ2n) is 9.84. The van der Waals surface area contributed by atoms with Crippen LogP contribution in [0.25, 0.3) is 0 Å². The molecule has 3 aromatic rings. The number of ether oxygens (including phenoxy) is 2. The molecule has 3 rings (SSSR count). The number of nitrogens with zero attached hydrogens (tertiary/aromatic N) is 2. The predicted molar refractivity (Wildman–Crippen MR) is 170 cm³/mol. The van der Waals surface area contributed by atoms with Crippen LogP contribution < -0.4 is 19.1 Å². The normalized spacial score (nSPS) is 11.9. The largest absolute Gasteiger partial charge is 0.493 e. The fourth-order valence-corrected chi connectivity index (χ4v) is 6.34. The number of carbonyl (C=O) groups is 2. The first-order valence-electron chi connectivity index (χ1n) is 13.8. The van der Waals surface area contributed by atoms with E-state index in [0.29, 0.717) is 34.3 Å². The second-order valence-corrected chi connectivity index (χ2v) is 12.5. The molecule has 0 aliphatic carbocycles. The number of rotatable bonds is 14. The van der Waals surface area contributed by atoms with E-state index in [4.69, 9.17) is 32.7 Å². The topological polar surface area (TPSA) is 105 Å². The van der Waals surface area contributed by atoms with Crippen molar-refractivity contribution in [3.8, 4) is 11.5 Å². The molecule has 0 fully saturated rings. The quantitative estimate of drug-likeness (QED) is 0.235. The molecule has 3 aromatic carbocycles. The monoisotopic (exact) mass is 649 g/mol. The minimum Gasteiger partial charge on any atom is -0.493 e. The molecule has 0 spiro atoms. The molecular weight excluding hydrogens is 613 g/mol. The van der Waals surface area contributed by atoms with Gasteiger partial charge in [0.1, 0.15) is 12.6 Å². The molecule has 0 aliphatic rings. The van der Waals surface area contributed by atoms with Crippen molar-refractivity contribution in [2.75, 3.05) is 31.6 Å². The van der Waals surface area contributed by atoms with Gasteiger partial charge in [0.25, 0.3) is 10.0 Å². The molecule has 2 amide bonds. The van der Waals surface area contributed by atoms with E-state index >= 15 is 0 Å². The van der Waals surface area contributed by atoms with Gasteiger partial charge in [-0.3, -0.25) is 13.9 Å². The maximum atomic E-state index is 14.2. The van der Waals surface area contributed by atoms with Crippen molar-refractivity contribution in [1.82, 2.24) is 10.2 Å². The molecule has 1 N–H and O–H groups in total. The summed E-state index contributed by atoms with van der Waals surface area (Å²) in [6.07, 6.45) is 0.995. The van der Waals surface area contributed by atoms with Gasteiger partial charge in [-0.15, -0.1) is 0 Å². The zero-order chi connectivity index (χ0) is 31.7. The van der Waals surface area contributed by atoms with E-state index in [1.54, 1.807) is 43.3 Å². The standard InChI is InChI=1S/C31H37Cl2N3O6S/c1-6-16-34-31(38)27(7-2)35(19-22-10-11-23(32)17-26(22)33)30(37)20-36(24-12-15-28(41-4)29(18-24)42-5)43(39,40)25-13-8-21(3)9-14-25/h8-15,17-18,27H,6-7,16,19-20H2,1-5H3,(H,34,38)/t27-/m1/s1. The molecule has 0 radical (unpaired) electrons. The van der Waals surface area contributed by atoms with Crippen molar-refractivity contribution in [2.24, 2.45) is 0 Å². The van der Waals surface area contributed by atoms with Gasteiger partial charge in [-0.25, -0.2) is 8.42 Å². The van der Waals surface area contributed by atoms with Crippen molar-refractivity contribution >= 4 is 50.7 Å². The van der Waals surface area contributed by atoms with Crippen LogP contribution in [-0.2, 0) is 26.2 Å². The number of halogens is 2. The Kier molecular flexibility index (Phi) is 12.1. The van der Waals surface area contributed by atoms with E-state index in [1.165, 1.54) is 43.4 Å². The molecule has 0 unspecified atom stereocenters. The van der Waals surface area contributed by atoms with Crippen molar-refractivity contribution in [3.05, 3.63) is 81.8 Å². The minimum absolute atomic E-state index is 0.000658. The average molecular weight is 651 g/mol. The number of amides is 2. The fourth-order valence-electron chi connectivity index (χ4n) is 4.47. The van der Waals surface area contributed by atoms with Crippen LogP contribution in [-0.4, -0.2) is 58.5 Å². The molecule has 232 valence electrons. The summed E-state index contributed by atoms with van der Waals surface area (Å²) in [7, 11) is -1.35. The Labute approximate surface area is 263 Å². The molecule has 0 heterocycles. The third-order valence-corrected chi connectivity index (χ3v) is 9.21. The third kappa shape index (κ3) is 8.34. The lowest BCUT2D eigenvalue weighted by Gasteiger charge is -2.33. The van der Waals surface area contributed by atoms with E-state index in [-0.39, 0.29) is 35.2 Å². The Balaban J connectivity index is 2.13. The van der Waals surface area contributed by atoms with E-state index in [2.05, 4.69) is 5.32 Å². The van der Waals surface area contributed by atoms with Gasteiger partial charge in [0.15, 0.2) is 11.5 Å². The van der Waals surface area contributed by atoms with Crippen molar-refractivity contribution in [1.29, 1.82) is 0 Å². The van der Waals surface area contributed by atoms with E-state index in [0.717, 1.165) is 9.87 Å². The van der Waals surface area contributed by atoms with Gasteiger partial charge in [0, 0.05) is 29.2 Å². The molecule has 0 aliphatic heterocycles. The summed E-state index contributed by atoms with van der Waals surface area (Å²) in [6, 6.07) is 14.9. The van der Waals surface area contributed by atoms with Crippen LogP contribution in [0.4, 0.5) is 5.69 Å². The highest BCUT2D eigenvalue weighted by Gasteiger charge is 2.34. The number of benzene rings is 3. The van der Waals surface area contributed by atoms with Crippen LogP contribution in [0.1, 0.15) is 37.8 Å². The summed E-state index contributed by atoms with van der Waals surface area (Å²) < 4.78 is 39.9. The lowest BCUT2D eigenvalue weighted by Crippen LogP contribution is -2.52. The van der Waals surface area contributed by atoms with Crippen molar-refractivity contribution in [2.45, 2.75) is 51.1 Å². The average Bonchev–Trinajstić information content (AvgIpc) is 2.99. The molecule has 0 bridgehead atoms. The SMILES string of the molecule is CCCNC(=O)[C@@H](CC)N(Cc1ccc(Cl)cc1Cl)C(=O)CN(c1ccc(OC)c(OC)c1)S(=O)(=O)c1ccc(C)cc1. The van der Waals surface area contributed by atoms with Crippen LogP contribution in [0.3, 0.4) is 0 Å². The number of sulfonamides is 1. The number of carbonyl (C=O) groups excluding carboxylic acids is 2. The third-order valence-electron chi connectivity index (χ3n) is 6.83. The Hall–Kier alpha value is -3.47. The van der Waals surface area contributed by atoms with Gasteiger partial charge in [-0.1, -0.05) is 60.8 Å². The number of anilines is 1. The van der Waals surface area contributed by atoms with Crippen LogP contribution in [0, 0.1) is 6.92 Å². The van der Waals surface area contributed by atoms with E-state index in [9.17, 15) is 18.0 Å². The van der Waals surface area contributed by atoms with Crippen LogP contribution in [0.15, 0.2) is 65.6 Å². The number of hydrogen-bond acceptors (Lipinski definition) is 6. The fraction of sp³-hybridized carbons (Fsp3) is 0.355. The summed E-state index contributed by atoms with van der Waals surface area (Å²) >= 11 is 12.6. The Morgan fingerprint density at radius 1 is 0.930 bits per heavy atom. The number of methoxy groups -OCH3 is 2. The number of nitrogens with one attached hydrogen (secondary N) is 1. The number of hydrogen-bond donors (Lipinski definition) is 1. The maximum absolute atomic E-state index is 14.2. The molecule has 0 aromatic heterocycles. The second kappa shape index (κ2) is 15.3. The van der Waals surface area contributed by atoms with Gasteiger partial charge in [-0.2, -0.15) is 0 Å². The summed E-state index contributed by atoms with van der Waals surface area (Å²) in [4.78, 5) is 28.8. The molecule has 9 nitrogen and oxygen atoms in total. The maximum Gasteiger partial charge on any atom is 0.264 e. The van der Waals surface area contributed by atoms with Gasteiger partial charge >= 0.3 is 0 Å². The first-order chi connectivity index (χ1) is 20.5. The van der Waals surface area contributed by atoms with Crippen molar-refractivity contribution < 1.29 is 27.5 Å². The zero-order valence-corrected chi connectivity index (χ0v) is 27.2. The Morgan fingerprint density at radius 2 is 1.60 bits per heavy atom. The molecular formula is C31H37Cl2N3O6S. The summed E-state index contributed by atoms with van der Waals surface area (Å²) in [5.74, 6) is -0.272. The van der Waals surface area contributed by atoms with Crippen molar-refractivity contribution in [3.63, 3.8) is 0 Å². The zero-order valence-electron chi connectivity index (χ0n) is 24.9. The van der Waals surface area contributed by atoms with Crippen LogP contribution in [0.2, 0.25) is 10.0 Å². The van der Waals surface area contributed by atoms with Gasteiger partial charge in [0.2, 0.25) is 11.8 Å². The minimum atomic E-state index is -4.25. The Morgan fingerprint density at radius 3 is 2.19 bits per heavy atom. The summed E-state index contributed by atoms with van der Waals surface area (Å²) in [6.45, 7) is 5.34.